The minimum absolute atomic E-state index is 0.147. The normalized spacial score (nSPS) is 15.9. The summed E-state index contributed by atoms with van der Waals surface area (Å²) in [5, 5.41) is 0. The highest BCUT2D eigenvalue weighted by molar-refractivity contribution is 5.57. The van der Waals surface area contributed by atoms with Crippen molar-refractivity contribution in [1.29, 1.82) is 0 Å². The lowest BCUT2D eigenvalue weighted by atomic mass is 9.70. The first kappa shape index (κ1) is 14.5. The van der Waals surface area contributed by atoms with Crippen LogP contribution in [0.2, 0.25) is 0 Å². The van der Waals surface area contributed by atoms with E-state index in [9.17, 15) is 0 Å². The summed E-state index contributed by atoms with van der Waals surface area (Å²) in [4.78, 5) is 0. The quantitative estimate of drug-likeness (QED) is 0.811. The molecule has 2 aromatic rings. The molecule has 1 aliphatic rings. The number of hydrogen-bond donors (Lipinski definition) is 2. The Morgan fingerprint density at radius 1 is 0.818 bits per heavy atom. The highest BCUT2D eigenvalue weighted by Crippen LogP contribution is 2.41. The third-order valence-corrected chi connectivity index (χ3v) is 4.64. The molecule has 0 atom stereocenters. The highest BCUT2D eigenvalue weighted by atomic mass is 14.6. The van der Waals surface area contributed by atoms with E-state index < -0.39 is 0 Å². The first-order chi connectivity index (χ1) is 10.5. The molecule has 3 rings (SSSR count). The molecule has 22 heavy (non-hydrogen) atoms. The molecule has 0 unspecified atom stereocenters. The molecule has 0 saturated heterocycles. The Kier molecular flexibility index (Phi) is 3.53. The van der Waals surface area contributed by atoms with Gasteiger partial charge in [-0.15, -0.1) is 0 Å². The lowest BCUT2D eigenvalue weighted by molar-refractivity contribution is 0.647. The fraction of sp³-hybridized carbons (Fsp3) is 0.200. The molecule has 4 N–H and O–H groups in total. The molecule has 1 aliphatic carbocycles. The van der Waals surface area contributed by atoms with Crippen molar-refractivity contribution in [2.75, 3.05) is 11.5 Å². The van der Waals surface area contributed by atoms with Crippen LogP contribution >= 0.6 is 0 Å². The Morgan fingerprint density at radius 2 is 1.36 bits per heavy atom. The molecule has 0 spiro atoms. The van der Waals surface area contributed by atoms with E-state index in [0.717, 1.165) is 28.9 Å². The predicted octanol–water partition coefficient (Wildman–Crippen LogP) is 4.27. The van der Waals surface area contributed by atoms with Gasteiger partial charge >= 0.3 is 0 Å². The van der Waals surface area contributed by atoms with Gasteiger partial charge in [0.05, 0.1) is 0 Å². The van der Waals surface area contributed by atoms with Crippen LogP contribution in [0.1, 0.15) is 28.7 Å². The molecule has 2 nitrogen and oxygen atoms in total. The molecule has 0 aliphatic heterocycles. The number of benzene rings is 2. The molecule has 2 aromatic carbocycles. The highest BCUT2D eigenvalue weighted by Gasteiger charge is 2.32. The number of allylic oxidation sites excluding steroid dienone is 4. The van der Waals surface area contributed by atoms with Crippen LogP contribution in [0.15, 0.2) is 60.7 Å². The lowest BCUT2D eigenvalue weighted by Gasteiger charge is -2.33. The Balaban J connectivity index is 2.20. The van der Waals surface area contributed by atoms with Gasteiger partial charge in [-0.25, -0.2) is 0 Å². The van der Waals surface area contributed by atoms with E-state index in [1.165, 1.54) is 11.1 Å². The Hall–Kier alpha value is -2.48. The van der Waals surface area contributed by atoms with E-state index in [-0.39, 0.29) is 5.41 Å². The standard InChI is InChI=1S/C20H22N2/c1-14-12-16(6-8-18(14)21)20(10-4-3-5-11-20)17-7-9-19(22)15(2)13-17/h3-10,12-13H,11,21-22H2,1-2H3. The summed E-state index contributed by atoms with van der Waals surface area (Å²) >= 11 is 0. The van der Waals surface area contributed by atoms with Crippen molar-refractivity contribution in [2.24, 2.45) is 0 Å². The van der Waals surface area contributed by atoms with E-state index in [1.807, 2.05) is 12.1 Å². The Morgan fingerprint density at radius 3 is 1.77 bits per heavy atom. The van der Waals surface area contributed by atoms with E-state index in [0.29, 0.717) is 0 Å². The number of aryl methyl sites for hydroxylation is 2. The van der Waals surface area contributed by atoms with Gasteiger partial charge in [0.15, 0.2) is 0 Å². The van der Waals surface area contributed by atoms with Crippen LogP contribution in [-0.4, -0.2) is 0 Å². The van der Waals surface area contributed by atoms with Gasteiger partial charge < -0.3 is 11.5 Å². The second kappa shape index (κ2) is 5.38. The molecule has 0 radical (unpaired) electrons. The van der Waals surface area contributed by atoms with Crippen LogP contribution in [-0.2, 0) is 5.41 Å². The zero-order valence-electron chi connectivity index (χ0n) is 13.1. The van der Waals surface area contributed by atoms with Crippen LogP contribution in [0.4, 0.5) is 11.4 Å². The lowest BCUT2D eigenvalue weighted by Crippen LogP contribution is -2.26. The molecular formula is C20H22N2. The second-order valence-electron chi connectivity index (χ2n) is 6.11. The van der Waals surface area contributed by atoms with Crippen LogP contribution in [0, 0.1) is 13.8 Å². The summed E-state index contributed by atoms with van der Waals surface area (Å²) in [5.41, 5.74) is 18.3. The van der Waals surface area contributed by atoms with Gasteiger partial charge in [-0.2, -0.15) is 0 Å². The first-order valence-electron chi connectivity index (χ1n) is 7.60. The maximum atomic E-state index is 6.00. The predicted molar refractivity (Wildman–Crippen MR) is 94.9 cm³/mol. The van der Waals surface area contributed by atoms with Crippen LogP contribution in [0.3, 0.4) is 0 Å². The molecule has 0 amide bonds. The average molecular weight is 290 g/mol. The fourth-order valence-corrected chi connectivity index (χ4v) is 3.12. The smallest absolute Gasteiger partial charge is 0.0419 e. The molecule has 0 heterocycles. The molecule has 0 saturated carbocycles. The van der Waals surface area contributed by atoms with E-state index >= 15 is 0 Å². The van der Waals surface area contributed by atoms with Gasteiger partial charge in [0.1, 0.15) is 0 Å². The van der Waals surface area contributed by atoms with Gasteiger partial charge in [0, 0.05) is 16.8 Å². The van der Waals surface area contributed by atoms with Crippen LogP contribution in [0.5, 0.6) is 0 Å². The second-order valence-corrected chi connectivity index (χ2v) is 6.11. The third kappa shape index (κ3) is 2.31. The number of anilines is 2. The van der Waals surface area contributed by atoms with Crippen molar-refractivity contribution in [3.8, 4) is 0 Å². The summed E-state index contributed by atoms with van der Waals surface area (Å²) < 4.78 is 0. The number of hydrogen-bond acceptors (Lipinski definition) is 2. The van der Waals surface area contributed by atoms with Crippen LogP contribution < -0.4 is 11.5 Å². The number of nitrogen functional groups attached to an aromatic ring is 2. The summed E-state index contributed by atoms with van der Waals surface area (Å²) in [6, 6.07) is 12.7. The fourth-order valence-electron chi connectivity index (χ4n) is 3.12. The number of nitrogens with two attached hydrogens (primary N) is 2. The minimum atomic E-state index is -0.147. The SMILES string of the molecule is Cc1cc(C2(c3ccc(N)c(C)c3)C=CC=CC2)ccc1N. The van der Waals surface area contributed by atoms with E-state index in [2.05, 4.69) is 62.4 Å². The maximum absolute atomic E-state index is 6.00. The van der Waals surface area contributed by atoms with Gasteiger partial charge in [-0.3, -0.25) is 0 Å². The van der Waals surface area contributed by atoms with Gasteiger partial charge in [-0.1, -0.05) is 48.6 Å². The molecular weight excluding hydrogens is 268 g/mol. The third-order valence-electron chi connectivity index (χ3n) is 4.64. The van der Waals surface area contributed by atoms with Gasteiger partial charge in [0.2, 0.25) is 0 Å². The van der Waals surface area contributed by atoms with Gasteiger partial charge in [0.25, 0.3) is 0 Å². The first-order valence-corrected chi connectivity index (χ1v) is 7.60. The molecule has 0 aromatic heterocycles. The summed E-state index contributed by atoms with van der Waals surface area (Å²) in [7, 11) is 0. The van der Waals surface area contributed by atoms with Crippen molar-refractivity contribution in [3.05, 3.63) is 83.0 Å². The molecule has 0 fully saturated rings. The van der Waals surface area contributed by atoms with Crippen molar-refractivity contribution >= 4 is 11.4 Å². The topological polar surface area (TPSA) is 52.0 Å². The Labute approximate surface area is 132 Å². The van der Waals surface area contributed by atoms with Crippen molar-refractivity contribution in [1.82, 2.24) is 0 Å². The largest absolute Gasteiger partial charge is 0.399 e. The van der Waals surface area contributed by atoms with Crippen molar-refractivity contribution in [3.63, 3.8) is 0 Å². The van der Waals surface area contributed by atoms with Crippen molar-refractivity contribution in [2.45, 2.75) is 25.7 Å². The number of rotatable bonds is 2. The summed E-state index contributed by atoms with van der Waals surface area (Å²) in [6.45, 7) is 4.12. The van der Waals surface area contributed by atoms with E-state index in [1.54, 1.807) is 0 Å². The average Bonchev–Trinajstić information content (AvgIpc) is 2.53. The zero-order valence-corrected chi connectivity index (χ0v) is 13.1. The van der Waals surface area contributed by atoms with E-state index in [4.69, 9.17) is 11.5 Å². The maximum Gasteiger partial charge on any atom is 0.0419 e. The molecule has 0 bridgehead atoms. The van der Waals surface area contributed by atoms with Gasteiger partial charge in [-0.05, 0) is 54.7 Å². The Bertz CT molecular complexity index is 718. The monoisotopic (exact) mass is 290 g/mol. The summed E-state index contributed by atoms with van der Waals surface area (Å²) in [5.74, 6) is 0. The summed E-state index contributed by atoms with van der Waals surface area (Å²) in [6.07, 6.45) is 9.67. The van der Waals surface area contributed by atoms with Crippen molar-refractivity contribution < 1.29 is 0 Å². The molecule has 112 valence electrons. The van der Waals surface area contributed by atoms with Crippen LogP contribution in [0.25, 0.3) is 0 Å². The minimum Gasteiger partial charge on any atom is -0.399 e. The molecule has 2 heteroatoms. The zero-order chi connectivity index (χ0) is 15.7.